The Balaban J connectivity index is 2.00. The van der Waals surface area contributed by atoms with Gasteiger partial charge in [0.05, 0.1) is 23.4 Å². The lowest BCUT2D eigenvalue weighted by atomic mass is 10.1. The second kappa shape index (κ2) is 9.66. The number of hydrogen-bond acceptors (Lipinski definition) is 4. The van der Waals surface area contributed by atoms with Crippen molar-refractivity contribution >= 4 is 27.3 Å². The number of hydrogen-bond donors (Lipinski definition) is 1. The van der Waals surface area contributed by atoms with Crippen molar-refractivity contribution in [2.75, 3.05) is 23.3 Å². The van der Waals surface area contributed by atoms with E-state index in [1.807, 2.05) is 32.0 Å². The van der Waals surface area contributed by atoms with E-state index in [-0.39, 0.29) is 11.4 Å². The van der Waals surface area contributed by atoms with E-state index in [1.54, 1.807) is 42.5 Å². The molecule has 0 aromatic heterocycles. The average molecular weight is 439 g/mol. The average Bonchev–Trinajstić information content (AvgIpc) is 2.78. The molecule has 6 nitrogen and oxygen atoms in total. The highest BCUT2D eigenvalue weighted by Crippen LogP contribution is 2.29. The van der Waals surface area contributed by atoms with Crippen LogP contribution in [0.3, 0.4) is 0 Å². The van der Waals surface area contributed by atoms with Crippen LogP contribution in [0, 0.1) is 6.92 Å². The lowest BCUT2D eigenvalue weighted by molar-refractivity contribution is -0.114. The van der Waals surface area contributed by atoms with Crippen molar-refractivity contribution in [1.82, 2.24) is 0 Å². The van der Waals surface area contributed by atoms with Gasteiger partial charge in [0.25, 0.3) is 10.0 Å². The van der Waals surface area contributed by atoms with Crippen molar-refractivity contribution in [3.63, 3.8) is 0 Å². The van der Waals surface area contributed by atoms with Crippen molar-refractivity contribution in [2.24, 2.45) is 0 Å². The van der Waals surface area contributed by atoms with Crippen molar-refractivity contribution in [2.45, 2.75) is 25.2 Å². The molecule has 0 aliphatic heterocycles. The fraction of sp³-hybridized carbons (Fsp3) is 0.208. The maximum absolute atomic E-state index is 13.5. The van der Waals surface area contributed by atoms with E-state index >= 15 is 0 Å². The highest BCUT2D eigenvalue weighted by Gasteiger charge is 2.28. The molecule has 162 valence electrons. The number of carbonyl (C=O) groups is 1. The molecule has 0 fully saturated rings. The molecule has 0 aliphatic carbocycles. The Morgan fingerprint density at radius 2 is 1.68 bits per heavy atom. The third-order valence-corrected chi connectivity index (χ3v) is 6.66. The first kappa shape index (κ1) is 22.4. The van der Waals surface area contributed by atoms with Gasteiger partial charge in [0, 0.05) is 0 Å². The second-order valence-corrected chi connectivity index (χ2v) is 8.92. The molecule has 3 rings (SSSR count). The number of sulfonamides is 1. The van der Waals surface area contributed by atoms with E-state index in [4.69, 9.17) is 4.74 Å². The summed E-state index contributed by atoms with van der Waals surface area (Å²) in [4.78, 5) is 13.1. The first-order valence-corrected chi connectivity index (χ1v) is 11.4. The van der Waals surface area contributed by atoms with Gasteiger partial charge in [-0.15, -0.1) is 0 Å². The molecule has 0 saturated heterocycles. The summed E-state index contributed by atoms with van der Waals surface area (Å²) in [6.45, 7) is 3.48. The first-order chi connectivity index (χ1) is 14.9. The Morgan fingerprint density at radius 1 is 1.00 bits per heavy atom. The molecule has 0 aliphatic rings. The number of benzene rings is 3. The largest absolute Gasteiger partial charge is 0.495 e. The quantitative estimate of drug-likeness (QED) is 0.566. The van der Waals surface area contributed by atoms with Crippen LogP contribution in [0.25, 0.3) is 0 Å². The fourth-order valence-electron chi connectivity index (χ4n) is 3.31. The lowest BCUT2D eigenvalue weighted by Gasteiger charge is -2.26. The zero-order valence-corrected chi connectivity index (χ0v) is 18.6. The fourth-order valence-corrected chi connectivity index (χ4v) is 4.79. The lowest BCUT2D eigenvalue weighted by Crippen LogP contribution is -2.38. The Kier molecular flexibility index (Phi) is 6.97. The number of para-hydroxylation sites is 1. The number of nitrogens with zero attached hydrogens (tertiary/aromatic N) is 1. The normalized spacial score (nSPS) is 11.1. The summed E-state index contributed by atoms with van der Waals surface area (Å²) in [5.74, 6) is 0.0414. The number of aryl methyl sites for hydroxylation is 2. The van der Waals surface area contributed by atoms with Gasteiger partial charge in [-0.05, 0) is 54.8 Å². The van der Waals surface area contributed by atoms with Gasteiger partial charge in [-0.25, -0.2) is 8.42 Å². The summed E-state index contributed by atoms with van der Waals surface area (Å²) in [5, 5.41) is 2.79. The van der Waals surface area contributed by atoms with Crippen molar-refractivity contribution < 1.29 is 17.9 Å². The predicted octanol–water partition coefficient (Wildman–Crippen LogP) is 4.40. The second-order valence-electron chi connectivity index (χ2n) is 7.06. The van der Waals surface area contributed by atoms with Crippen LogP contribution in [0.5, 0.6) is 5.75 Å². The first-order valence-electron chi connectivity index (χ1n) is 9.97. The Labute approximate surface area is 183 Å². The maximum atomic E-state index is 13.5. The third-order valence-electron chi connectivity index (χ3n) is 4.89. The van der Waals surface area contributed by atoms with Crippen LogP contribution in [0.2, 0.25) is 0 Å². The molecular formula is C24H26N2O4S. The molecule has 1 N–H and O–H groups in total. The molecule has 0 heterocycles. The van der Waals surface area contributed by atoms with Crippen LogP contribution in [-0.2, 0) is 21.2 Å². The monoisotopic (exact) mass is 438 g/mol. The topological polar surface area (TPSA) is 75.7 Å². The molecule has 0 spiro atoms. The van der Waals surface area contributed by atoms with Crippen molar-refractivity contribution in [3.05, 3.63) is 83.9 Å². The van der Waals surface area contributed by atoms with Gasteiger partial charge in [0.2, 0.25) is 5.91 Å². The molecular weight excluding hydrogens is 412 g/mol. The number of ether oxygens (including phenoxy) is 1. The van der Waals surface area contributed by atoms with Crippen LogP contribution >= 0.6 is 0 Å². The molecule has 0 bridgehead atoms. The predicted molar refractivity (Wildman–Crippen MR) is 123 cm³/mol. The highest BCUT2D eigenvalue weighted by atomic mass is 32.2. The molecule has 0 unspecified atom stereocenters. The van der Waals surface area contributed by atoms with Gasteiger partial charge in [0.1, 0.15) is 12.3 Å². The Bertz CT molecular complexity index is 1160. The third kappa shape index (κ3) is 5.06. The SMILES string of the molecule is CCc1ccccc1N(CC(=O)Nc1cc(C)ccc1OC)S(=O)(=O)c1ccccc1. The van der Waals surface area contributed by atoms with E-state index < -0.39 is 15.9 Å². The molecule has 3 aromatic carbocycles. The summed E-state index contributed by atoms with van der Waals surface area (Å²) in [6, 6.07) is 20.8. The van der Waals surface area contributed by atoms with Gasteiger partial charge < -0.3 is 10.1 Å². The van der Waals surface area contributed by atoms with E-state index in [1.165, 1.54) is 23.5 Å². The Hall–Kier alpha value is -3.32. The number of carbonyl (C=O) groups excluding carboxylic acids is 1. The molecule has 31 heavy (non-hydrogen) atoms. The van der Waals surface area contributed by atoms with Gasteiger partial charge >= 0.3 is 0 Å². The minimum absolute atomic E-state index is 0.127. The molecule has 7 heteroatoms. The van der Waals surface area contributed by atoms with Crippen molar-refractivity contribution in [3.8, 4) is 5.75 Å². The van der Waals surface area contributed by atoms with Gasteiger partial charge in [0.15, 0.2) is 0 Å². The Morgan fingerprint density at radius 3 is 2.35 bits per heavy atom. The number of rotatable bonds is 8. The number of nitrogens with one attached hydrogen (secondary N) is 1. The molecule has 0 saturated carbocycles. The van der Waals surface area contributed by atoms with Gasteiger partial charge in [-0.3, -0.25) is 9.10 Å². The van der Waals surface area contributed by atoms with Crippen LogP contribution < -0.4 is 14.4 Å². The highest BCUT2D eigenvalue weighted by molar-refractivity contribution is 7.92. The standard InChI is InChI=1S/C24H26N2O4S/c1-4-19-10-8-9-13-22(19)26(31(28,29)20-11-6-5-7-12-20)17-24(27)25-21-16-18(2)14-15-23(21)30-3/h5-16H,4,17H2,1-3H3,(H,25,27). The number of anilines is 2. The van der Waals surface area contributed by atoms with Crippen LogP contribution in [-0.4, -0.2) is 28.0 Å². The van der Waals surface area contributed by atoms with Gasteiger partial charge in [-0.1, -0.05) is 49.4 Å². The van der Waals surface area contributed by atoms with E-state index in [0.717, 1.165) is 11.1 Å². The van der Waals surface area contributed by atoms with Crippen LogP contribution in [0.4, 0.5) is 11.4 Å². The summed E-state index contributed by atoms with van der Waals surface area (Å²) in [5.41, 5.74) is 2.76. The molecule has 3 aromatic rings. The summed E-state index contributed by atoms with van der Waals surface area (Å²) in [7, 11) is -2.44. The minimum Gasteiger partial charge on any atom is -0.495 e. The van der Waals surface area contributed by atoms with E-state index in [9.17, 15) is 13.2 Å². The summed E-state index contributed by atoms with van der Waals surface area (Å²) >= 11 is 0. The van der Waals surface area contributed by atoms with Crippen LogP contribution in [0.1, 0.15) is 18.1 Å². The summed E-state index contributed by atoms with van der Waals surface area (Å²) < 4.78 is 33.5. The zero-order valence-electron chi connectivity index (χ0n) is 17.8. The van der Waals surface area contributed by atoms with Gasteiger partial charge in [-0.2, -0.15) is 0 Å². The van der Waals surface area contributed by atoms with E-state index in [2.05, 4.69) is 5.32 Å². The molecule has 0 radical (unpaired) electrons. The number of methoxy groups -OCH3 is 1. The molecule has 0 atom stereocenters. The maximum Gasteiger partial charge on any atom is 0.264 e. The van der Waals surface area contributed by atoms with E-state index in [0.29, 0.717) is 23.5 Å². The number of amides is 1. The van der Waals surface area contributed by atoms with Crippen LogP contribution in [0.15, 0.2) is 77.7 Å². The minimum atomic E-state index is -3.96. The summed E-state index contributed by atoms with van der Waals surface area (Å²) in [6.07, 6.45) is 0.629. The van der Waals surface area contributed by atoms with Crippen molar-refractivity contribution in [1.29, 1.82) is 0 Å². The smallest absolute Gasteiger partial charge is 0.264 e. The zero-order chi connectivity index (χ0) is 22.4. The molecule has 1 amide bonds.